The van der Waals surface area contributed by atoms with Crippen LogP contribution in [-0.2, 0) is 4.74 Å². The van der Waals surface area contributed by atoms with E-state index in [0.717, 1.165) is 19.7 Å². The van der Waals surface area contributed by atoms with Crippen molar-refractivity contribution in [2.24, 2.45) is 0 Å². The molecule has 0 saturated heterocycles. The molecule has 0 atom stereocenters. The van der Waals surface area contributed by atoms with Gasteiger partial charge in [0.2, 0.25) is 0 Å². The number of hydrogen-bond acceptors (Lipinski definition) is 2. The summed E-state index contributed by atoms with van der Waals surface area (Å²) in [6, 6.07) is 10.3. The van der Waals surface area contributed by atoms with Crippen LogP contribution in [0.25, 0.3) is 6.08 Å². The standard InChI is InChI=1S/C17H27NO/c1-2-18-14-8-3-4-9-15-19-16-10-13-17-11-6-5-7-12-17/h5-7,10-13,18H,2-4,8-9,14-16H2,1H3. The van der Waals surface area contributed by atoms with E-state index in [1.807, 2.05) is 18.2 Å². The average molecular weight is 261 g/mol. The van der Waals surface area contributed by atoms with Crippen LogP contribution in [0.4, 0.5) is 0 Å². The summed E-state index contributed by atoms with van der Waals surface area (Å²) in [7, 11) is 0. The Kier molecular flexibility index (Phi) is 10.0. The second-order valence-electron chi connectivity index (χ2n) is 4.66. The summed E-state index contributed by atoms with van der Waals surface area (Å²) >= 11 is 0. The van der Waals surface area contributed by atoms with Gasteiger partial charge in [-0.05, 0) is 31.5 Å². The fourth-order valence-electron chi connectivity index (χ4n) is 1.88. The van der Waals surface area contributed by atoms with Gasteiger partial charge in [0, 0.05) is 6.61 Å². The third kappa shape index (κ3) is 9.46. The Hall–Kier alpha value is -1.12. The number of unbranched alkanes of at least 4 members (excludes halogenated alkanes) is 3. The van der Waals surface area contributed by atoms with E-state index in [-0.39, 0.29) is 0 Å². The molecule has 0 saturated carbocycles. The van der Waals surface area contributed by atoms with Gasteiger partial charge >= 0.3 is 0 Å². The lowest BCUT2D eigenvalue weighted by Crippen LogP contribution is -2.13. The van der Waals surface area contributed by atoms with Crippen LogP contribution in [-0.4, -0.2) is 26.3 Å². The van der Waals surface area contributed by atoms with Crippen molar-refractivity contribution in [1.29, 1.82) is 0 Å². The van der Waals surface area contributed by atoms with Gasteiger partial charge in [0.15, 0.2) is 0 Å². The van der Waals surface area contributed by atoms with Crippen molar-refractivity contribution < 1.29 is 4.74 Å². The fraction of sp³-hybridized carbons (Fsp3) is 0.529. The van der Waals surface area contributed by atoms with Crippen LogP contribution in [0, 0.1) is 0 Å². The van der Waals surface area contributed by atoms with Crippen molar-refractivity contribution in [3.05, 3.63) is 42.0 Å². The summed E-state index contributed by atoms with van der Waals surface area (Å²) in [6.45, 7) is 5.97. The second kappa shape index (κ2) is 11.9. The van der Waals surface area contributed by atoms with Gasteiger partial charge in [-0.25, -0.2) is 0 Å². The molecule has 0 aliphatic rings. The topological polar surface area (TPSA) is 21.3 Å². The summed E-state index contributed by atoms with van der Waals surface area (Å²) in [5, 5.41) is 3.34. The Morgan fingerprint density at radius 2 is 1.84 bits per heavy atom. The molecule has 2 nitrogen and oxygen atoms in total. The molecule has 0 aliphatic carbocycles. The predicted octanol–water partition coefficient (Wildman–Crippen LogP) is 3.89. The van der Waals surface area contributed by atoms with Crippen molar-refractivity contribution in [2.45, 2.75) is 32.6 Å². The number of hydrogen-bond donors (Lipinski definition) is 1. The Morgan fingerprint density at radius 3 is 2.63 bits per heavy atom. The quantitative estimate of drug-likeness (QED) is 0.610. The Bertz CT molecular complexity index is 321. The van der Waals surface area contributed by atoms with Gasteiger partial charge in [0.1, 0.15) is 0 Å². The van der Waals surface area contributed by atoms with Crippen LogP contribution < -0.4 is 5.32 Å². The van der Waals surface area contributed by atoms with Gasteiger partial charge in [0.05, 0.1) is 6.61 Å². The molecule has 0 aliphatic heterocycles. The molecule has 0 fully saturated rings. The molecule has 0 bridgehead atoms. The maximum absolute atomic E-state index is 5.58. The lowest BCUT2D eigenvalue weighted by Gasteiger charge is -2.02. The highest BCUT2D eigenvalue weighted by atomic mass is 16.5. The van der Waals surface area contributed by atoms with E-state index in [4.69, 9.17) is 4.74 Å². The number of rotatable bonds is 11. The zero-order chi connectivity index (χ0) is 13.6. The molecular formula is C17H27NO. The summed E-state index contributed by atoms with van der Waals surface area (Å²) < 4.78 is 5.58. The summed E-state index contributed by atoms with van der Waals surface area (Å²) in [6.07, 6.45) is 9.22. The molecule has 1 aromatic carbocycles. The normalized spacial score (nSPS) is 11.2. The van der Waals surface area contributed by atoms with E-state index in [0.29, 0.717) is 6.61 Å². The molecule has 0 heterocycles. The van der Waals surface area contributed by atoms with Crippen LogP contribution in [0.2, 0.25) is 0 Å². The maximum atomic E-state index is 5.58. The molecule has 19 heavy (non-hydrogen) atoms. The minimum atomic E-state index is 0.715. The molecule has 106 valence electrons. The smallest absolute Gasteiger partial charge is 0.0650 e. The van der Waals surface area contributed by atoms with Crippen LogP contribution in [0.5, 0.6) is 0 Å². The van der Waals surface area contributed by atoms with Crippen LogP contribution in [0.3, 0.4) is 0 Å². The SMILES string of the molecule is CCNCCCCCCOCC=Cc1ccccc1. The molecule has 0 amide bonds. The Labute approximate surface area is 117 Å². The van der Waals surface area contributed by atoms with Crippen molar-refractivity contribution in [2.75, 3.05) is 26.3 Å². The lowest BCUT2D eigenvalue weighted by molar-refractivity contribution is 0.157. The van der Waals surface area contributed by atoms with Gasteiger partial charge in [-0.2, -0.15) is 0 Å². The summed E-state index contributed by atoms with van der Waals surface area (Å²) in [5.41, 5.74) is 1.23. The van der Waals surface area contributed by atoms with Gasteiger partial charge in [-0.1, -0.05) is 62.2 Å². The highest BCUT2D eigenvalue weighted by molar-refractivity contribution is 5.48. The average Bonchev–Trinajstić information content (AvgIpc) is 2.46. The van der Waals surface area contributed by atoms with Crippen molar-refractivity contribution in [1.82, 2.24) is 5.32 Å². The zero-order valence-corrected chi connectivity index (χ0v) is 12.1. The van der Waals surface area contributed by atoms with Crippen molar-refractivity contribution in [3.8, 4) is 0 Å². The molecule has 1 N–H and O–H groups in total. The minimum absolute atomic E-state index is 0.715. The molecule has 0 aromatic heterocycles. The van der Waals surface area contributed by atoms with Gasteiger partial charge in [-0.15, -0.1) is 0 Å². The number of ether oxygens (including phenoxy) is 1. The van der Waals surface area contributed by atoms with Gasteiger partial charge < -0.3 is 10.1 Å². The predicted molar refractivity (Wildman–Crippen MR) is 83.3 cm³/mol. The first kappa shape index (κ1) is 15.9. The van der Waals surface area contributed by atoms with E-state index < -0.39 is 0 Å². The van der Waals surface area contributed by atoms with E-state index in [9.17, 15) is 0 Å². The third-order valence-corrected chi connectivity index (χ3v) is 2.97. The number of benzene rings is 1. The monoisotopic (exact) mass is 261 g/mol. The van der Waals surface area contributed by atoms with E-state index in [1.54, 1.807) is 0 Å². The molecule has 2 heteroatoms. The number of nitrogens with one attached hydrogen (secondary N) is 1. The van der Waals surface area contributed by atoms with E-state index in [2.05, 4.69) is 36.5 Å². The molecule has 1 aromatic rings. The highest BCUT2D eigenvalue weighted by Gasteiger charge is 1.90. The zero-order valence-electron chi connectivity index (χ0n) is 12.1. The van der Waals surface area contributed by atoms with Crippen molar-refractivity contribution >= 4 is 6.08 Å². The first-order valence-electron chi connectivity index (χ1n) is 7.43. The Morgan fingerprint density at radius 1 is 1.05 bits per heavy atom. The molecule has 0 radical (unpaired) electrons. The van der Waals surface area contributed by atoms with Gasteiger partial charge in [0.25, 0.3) is 0 Å². The van der Waals surface area contributed by atoms with Gasteiger partial charge in [-0.3, -0.25) is 0 Å². The van der Waals surface area contributed by atoms with Crippen LogP contribution in [0.15, 0.2) is 36.4 Å². The molecule has 1 rings (SSSR count). The highest BCUT2D eigenvalue weighted by Crippen LogP contribution is 2.02. The van der Waals surface area contributed by atoms with Crippen LogP contribution >= 0.6 is 0 Å². The van der Waals surface area contributed by atoms with E-state index in [1.165, 1.54) is 31.2 Å². The molecule has 0 spiro atoms. The Balaban J connectivity index is 1.87. The third-order valence-electron chi connectivity index (χ3n) is 2.97. The summed E-state index contributed by atoms with van der Waals surface area (Å²) in [4.78, 5) is 0. The second-order valence-corrected chi connectivity index (χ2v) is 4.66. The van der Waals surface area contributed by atoms with Crippen LogP contribution in [0.1, 0.15) is 38.2 Å². The molecule has 0 unspecified atom stereocenters. The van der Waals surface area contributed by atoms with Crippen molar-refractivity contribution in [3.63, 3.8) is 0 Å². The minimum Gasteiger partial charge on any atom is -0.377 e. The fourth-order valence-corrected chi connectivity index (χ4v) is 1.88. The first-order valence-corrected chi connectivity index (χ1v) is 7.43. The lowest BCUT2D eigenvalue weighted by atomic mass is 10.2. The maximum Gasteiger partial charge on any atom is 0.0650 e. The van der Waals surface area contributed by atoms with E-state index >= 15 is 0 Å². The first-order chi connectivity index (χ1) is 9.43. The largest absolute Gasteiger partial charge is 0.377 e. The molecular weight excluding hydrogens is 234 g/mol. The summed E-state index contributed by atoms with van der Waals surface area (Å²) in [5.74, 6) is 0.